The average molecular weight is 200 g/mol. The van der Waals surface area contributed by atoms with Crippen LogP contribution in [0.3, 0.4) is 0 Å². The van der Waals surface area contributed by atoms with E-state index in [9.17, 15) is 0 Å². The van der Waals surface area contributed by atoms with Gasteiger partial charge in [-0.1, -0.05) is 46.3 Å². The summed E-state index contributed by atoms with van der Waals surface area (Å²) < 4.78 is 6.01. The van der Waals surface area contributed by atoms with Crippen LogP contribution >= 0.6 is 0 Å². The lowest BCUT2D eigenvalue weighted by Crippen LogP contribution is -2.43. The summed E-state index contributed by atoms with van der Waals surface area (Å²) in [5.41, 5.74) is 0. The summed E-state index contributed by atoms with van der Waals surface area (Å²) in [6.45, 7) is 11.9. The molecule has 13 heavy (non-hydrogen) atoms. The van der Waals surface area contributed by atoms with E-state index >= 15 is 0 Å². The molecule has 0 N–H and O–H groups in total. The van der Waals surface area contributed by atoms with Crippen molar-refractivity contribution in [2.75, 3.05) is 0 Å². The van der Waals surface area contributed by atoms with Gasteiger partial charge in [0.25, 0.3) is 0 Å². The van der Waals surface area contributed by atoms with Crippen molar-refractivity contribution in [2.45, 2.75) is 70.5 Å². The SMILES string of the molecule is CCCC1OC1(CCC)[Si](C)(C)C. The molecule has 0 aromatic carbocycles. The van der Waals surface area contributed by atoms with E-state index in [0.717, 1.165) is 0 Å². The summed E-state index contributed by atoms with van der Waals surface area (Å²) in [5.74, 6) is 0. The van der Waals surface area contributed by atoms with Gasteiger partial charge in [0.05, 0.1) is 19.4 Å². The van der Waals surface area contributed by atoms with Gasteiger partial charge in [-0.25, -0.2) is 0 Å². The first-order valence-corrected chi connectivity index (χ1v) is 9.15. The standard InChI is InChI=1S/C11H24OSi/c1-6-8-10-11(12-10,9-7-2)13(3,4)5/h10H,6-9H2,1-5H3. The van der Waals surface area contributed by atoms with Gasteiger partial charge < -0.3 is 4.74 Å². The van der Waals surface area contributed by atoms with Crippen LogP contribution in [0.4, 0.5) is 0 Å². The molecule has 0 bridgehead atoms. The Labute approximate surface area is 83.9 Å². The molecule has 2 unspecified atom stereocenters. The Morgan fingerprint density at radius 1 is 1.15 bits per heavy atom. The molecule has 1 saturated heterocycles. The number of epoxide rings is 1. The highest BCUT2D eigenvalue weighted by molar-refractivity contribution is 6.79. The number of ether oxygens (including phenoxy) is 1. The van der Waals surface area contributed by atoms with Gasteiger partial charge in [0.1, 0.15) is 0 Å². The van der Waals surface area contributed by atoms with Crippen LogP contribution in [0, 0.1) is 0 Å². The van der Waals surface area contributed by atoms with Crippen molar-refractivity contribution in [3.05, 3.63) is 0 Å². The molecule has 0 saturated carbocycles. The van der Waals surface area contributed by atoms with Crippen LogP contribution in [0.25, 0.3) is 0 Å². The molecule has 0 aromatic rings. The molecule has 2 heteroatoms. The first-order chi connectivity index (χ1) is 5.98. The minimum atomic E-state index is -1.12. The van der Waals surface area contributed by atoms with Gasteiger partial charge in [0.15, 0.2) is 0 Å². The highest BCUT2D eigenvalue weighted by Gasteiger charge is 2.62. The number of rotatable bonds is 5. The van der Waals surface area contributed by atoms with Crippen molar-refractivity contribution in [2.24, 2.45) is 0 Å². The highest BCUT2D eigenvalue weighted by atomic mass is 28.3. The van der Waals surface area contributed by atoms with Crippen molar-refractivity contribution in [1.82, 2.24) is 0 Å². The molecule has 2 atom stereocenters. The zero-order valence-corrected chi connectivity index (χ0v) is 10.8. The average Bonchev–Trinajstić information content (AvgIpc) is 2.64. The van der Waals surface area contributed by atoms with Crippen molar-refractivity contribution >= 4 is 8.07 Å². The molecular formula is C11H24OSi. The van der Waals surface area contributed by atoms with E-state index in [0.29, 0.717) is 11.3 Å². The fourth-order valence-electron chi connectivity index (χ4n) is 2.40. The van der Waals surface area contributed by atoms with Crippen LogP contribution in [0.15, 0.2) is 0 Å². The minimum Gasteiger partial charge on any atom is -0.370 e. The number of hydrogen-bond donors (Lipinski definition) is 0. The summed E-state index contributed by atoms with van der Waals surface area (Å²) >= 11 is 0. The zero-order chi connectivity index (χ0) is 10.1. The van der Waals surface area contributed by atoms with E-state index in [1.54, 1.807) is 0 Å². The largest absolute Gasteiger partial charge is 0.370 e. The predicted molar refractivity (Wildman–Crippen MR) is 60.8 cm³/mol. The van der Waals surface area contributed by atoms with E-state index in [2.05, 4.69) is 33.5 Å². The Morgan fingerprint density at radius 3 is 2.15 bits per heavy atom. The van der Waals surface area contributed by atoms with Crippen LogP contribution in [0.5, 0.6) is 0 Å². The highest BCUT2D eigenvalue weighted by Crippen LogP contribution is 2.49. The Bertz CT molecular complexity index is 173. The van der Waals surface area contributed by atoms with Crippen molar-refractivity contribution in [1.29, 1.82) is 0 Å². The second-order valence-corrected chi connectivity index (χ2v) is 10.6. The molecule has 0 spiro atoms. The molecule has 1 fully saturated rings. The van der Waals surface area contributed by atoms with Crippen molar-refractivity contribution in [3.63, 3.8) is 0 Å². The van der Waals surface area contributed by atoms with Crippen LogP contribution in [0.2, 0.25) is 19.6 Å². The second-order valence-electron chi connectivity index (χ2n) is 5.28. The Balaban J connectivity index is 2.60. The fourth-order valence-corrected chi connectivity index (χ4v) is 5.01. The van der Waals surface area contributed by atoms with E-state index in [4.69, 9.17) is 4.74 Å². The number of hydrogen-bond acceptors (Lipinski definition) is 1. The van der Waals surface area contributed by atoms with E-state index in [1.165, 1.54) is 25.7 Å². The molecule has 0 aliphatic carbocycles. The van der Waals surface area contributed by atoms with Crippen molar-refractivity contribution < 1.29 is 4.74 Å². The Morgan fingerprint density at radius 2 is 1.77 bits per heavy atom. The summed E-state index contributed by atoms with van der Waals surface area (Å²) in [6.07, 6.45) is 5.69. The topological polar surface area (TPSA) is 12.5 Å². The molecule has 0 amide bonds. The molecule has 1 aliphatic rings. The first-order valence-electron chi connectivity index (χ1n) is 5.65. The summed E-state index contributed by atoms with van der Waals surface area (Å²) in [4.78, 5) is 0. The third kappa shape index (κ3) is 1.99. The maximum atomic E-state index is 6.01. The summed E-state index contributed by atoms with van der Waals surface area (Å²) in [6, 6.07) is 0. The van der Waals surface area contributed by atoms with E-state index in [-0.39, 0.29) is 0 Å². The Hall–Kier alpha value is 0.177. The quantitative estimate of drug-likeness (QED) is 0.488. The van der Waals surface area contributed by atoms with Crippen LogP contribution < -0.4 is 0 Å². The van der Waals surface area contributed by atoms with Gasteiger partial charge in [-0.05, 0) is 12.8 Å². The lowest BCUT2D eigenvalue weighted by atomic mass is 10.1. The monoisotopic (exact) mass is 200 g/mol. The first kappa shape index (κ1) is 11.3. The third-order valence-corrected chi connectivity index (χ3v) is 6.49. The third-order valence-electron chi connectivity index (χ3n) is 3.26. The summed E-state index contributed by atoms with van der Waals surface area (Å²) in [7, 11) is -1.12. The molecule has 0 radical (unpaired) electrons. The normalized spacial score (nSPS) is 33.5. The van der Waals surface area contributed by atoms with Crippen molar-refractivity contribution in [3.8, 4) is 0 Å². The molecule has 78 valence electrons. The van der Waals surface area contributed by atoms with Crippen LogP contribution in [-0.2, 0) is 4.74 Å². The zero-order valence-electron chi connectivity index (χ0n) is 9.81. The molecule has 1 nitrogen and oxygen atoms in total. The van der Waals surface area contributed by atoms with Gasteiger partial charge in [-0.15, -0.1) is 0 Å². The molecule has 1 aliphatic heterocycles. The smallest absolute Gasteiger partial charge is 0.0858 e. The van der Waals surface area contributed by atoms with Crippen LogP contribution in [0.1, 0.15) is 39.5 Å². The molecule has 0 aromatic heterocycles. The second kappa shape index (κ2) is 3.74. The minimum absolute atomic E-state index is 0.345. The molecule has 1 rings (SSSR count). The Kier molecular flexibility index (Phi) is 3.23. The lowest BCUT2D eigenvalue weighted by Gasteiger charge is -2.26. The lowest BCUT2D eigenvalue weighted by molar-refractivity contribution is 0.327. The molecule has 1 heterocycles. The van der Waals surface area contributed by atoms with E-state index < -0.39 is 8.07 Å². The predicted octanol–water partition coefficient (Wildman–Crippen LogP) is 3.60. The summed E-state index contributed by atoms with van der Waals surface area (Å²) in [5, 5.41) is 0.345. The van der Waals surface area contributed by atoms with Gasteiger partial charge in [0.2, 0.25) is 0 Å². The van der Waals surface area contributed by atoms with Gasteiger partial charge in [-0.2, -0.15) is 0 Å². The molecular weight excluding hydrogens is 176 g/mol. The fraction of sp³-hybridized carbons (Fsp3) is 1.00. The van der Waals surface area contributed by atoms with E-state index in [1.807, 2.05) is 0 Å². The van der Waals surface area contributed by atoms with Gasteiger partial charge in [0, 0.05) is 0 Å². The maximum absolute atomic E-state index is 6.01. The maximum Gasteiger partial charge on any atom is 0.0858 e. The van der Waals surface area contributed by atoms with Gasteiger partial charge >= 0.3 is 0 Å². The van der Waals surface area contributed by atoms with Gasteiger partial charge in [-0.3, -0.25) is 0 Å². The van der Waals surface area contributed by atoms with Crippen LogP contribution in [-0.4, -0.2) is 19.4 Å².